The van der Waals surface area contributed by atoms with Crippen molar-refractivity contribution in [3.63, 3.8) is 0 Å². The minimum absolute atomic E-state index is 0.0294. The molecule has 2 heterocycles. The van der Waals surface area contributed by atoms with Crippen LogP contribution < -0.4 is 5.32 Å². The Morgan fingerprint density at radius 2 is 2.23 bits per heavy atom. The van der Waals surface area contributed by atoms with Gasteiger partial charge in [0.15, 0.2) is 5.69 Å². The molecule has 3 aliphatic rings. The number of carbonyl (C=O) groups excluding carboxylic acids is 2. The van der Waals surface area contributed by atoms with Crippen LogP contribution in [0.4, 0.5) is 4.39 Å². The van der Waals surface area contributed by atoms with Crippen LogP contribution in [-0.4, -0.2) is 40.5 Å². The first-order chi connectivity index (χ1) is 14.4. The van der Waals surface area contributed by atoms with Crippen molar-refractivity contribution in [2.45, 2.75) is 70.9 Å². The maximum atomic E-state index is 13.6. The Bertz CT molecular complexity index is 888. The highest BCUT2D eigenvalue weighted by Crippen LogP contribution is 2.42. The Hall–Kier alpha value is -2.44. The lowest BCUT2D eigenvalue weighted by Crippen LogP contribution is -2.61. The summed E-state index contributed by atoms with van der Waals surface area (Å²) in [5.74, 6) is 0.319. The van der Waals surface area contributed by atoms with Crippen LogP contribution in [0.2, 0.25) is 0 Å². The number of rotatable bonds is 5. The van der Waals surface area contributed by atoms with E-state index in [1.54, 1.807) is 17.1 Å². The molecule has 1 fully saturated rings. The van der Waals surface area contributed by atoms with Gasteiger partial charge in [-0.15, -0.1) is 0 Å². The zero-order chi connectivity index (χ0) is 21.4. The predicted molar refractivity (Wildman–Crippen MR) is 111 cm³/mol. The van der Waals surface area contributed by atoms with Crippen molar-refractivity contribution < 1.29 is 18.5 Å². The highest BCUT2D eigenvalue weighted by atomic mass is 19.1. The first-order valence-corrected chi connectivity index (χ1v) is 11.0. The molecule has 7 heteroatoms. The van der Waals surface area contributed by atoms with Gasteiger partial charge in [0.2, 0.25) is 5.91 Å². The van der Waals surface area contributed by atoms with Gasteiger partial charge in [0.1, 0.15) is 17.6 Å². The zero-order valence-corrected chi connectivity index (χ0v) is 17.9. The van der Waals surface area contributed by atoms with Crippen LogP contribution in [0, 0.1) is 11.8 Å². The number of fused-ring (bicyclic) bond motifs is 3. The fourth-order valence-corrected chi connectivity index (χ4v) is 4.95. The zero-order valence-electron chi connectivity index (χ0n) is 17.9. The summed E-state index contributed by atoms with van der Waals surface area (Å²) in [6.07, 6.45) is 8.59. The molecule has 0 bridgehead atoms. The van der Waals surface area contributed by atoms with Crippen LogP contribution >= 0.6 is 0 Å². The fraction of sp³-hybridized carbons (Fsp3) is 0.609. The van der Waals surface area contributed by atoms with Gasteiger partial charge >= 0.3 is 0 Å². The van der Waals surface area contributed by atoms with Gasteiger partial charge < -0.3 is 14.7 Å². The summed E-state index contributed by atoms with van der Waals surface area (Å²) >= 11 is 0. The summed E-state index contributed by atoms with van der Waals surface area (Å²) in [7, 11) is 0. The number of hydrogen-bond acceptors (Lipinski definition) is 4. The average Bonchev–Trinajstić information content (AvgIpc) is 3.13. The first kappa shape index (κ1) is 20.8. The fourth-order valence-electron chi connectivity index (χ4n) is 4.95. The lowest BCUT2D eigenvalue weighted by atomic mass is 9.76. The summed E-state index contributed by atoms with van der Waals surface area (Å²) in [5.41, 5.74) is 1.12. The van der Waals surface area contributed by atoms with Gasteiger partial charge in [0, 0.05) is 24.1 Å². The molecule has 1 aromatic heterocycles. The Morgan fingerprint density at radius 1 is 1.43 bits per heavy atom. The second-order valence-corrected chi connectivity index (χ2v) is 9.11. The standard InChI is InChI=1S/C23H30FN3O3/c1-4-5-16-12-27(19(10-13(2)3)22(28)25-16)23(29)20-18-8-6-14-11-15(24)7-9-17(14)21(18)30-26-20/h7,9,11,13-14,16-17,19H,4-6,8,10,12H2,1-3H3,(H,25,28). The Morgan fingerprint density at radius 3 is 2.97 bits per heavy atom. The number of nitrogens with zero attached hydrogens (tertiary/aromatic N) is 2. The molecule has 4 unspecified atom stereocenters. The van der Waals surface area contributed by atoms with E-state index in [1.165, 1.54) is 6.08 Å². The molecule has 0 radical (unpaired) electrons. The minimum atomic E-state index is -0.499. The number of hydrogen-bond donors (Lipinski definition) is 1. The number of allylic oxidation sites excluding steroid dienone is 4. The number of nitrogens with one attached hydrogen (secondary N) is 1. The highest BCUT2D eigenvalue weighted by molar-refractivity contribution is 5.98. The molecule has 6 nitrogen and oxygen atoms in total. The SMILES string of the molecule is CCCC1CN(C(=O)c2noc3c2CCC2C=C(F)C=CC32)C(CC(C)C)C(=O)N1. The third-order valence-electron chi connectivity index (χ3n) is 6.38. The van der Waals surface area contributed by atoms with Crippen molar-refractivity contribution >= 4 is 11.8 Å². The molecule has 1 aromatic rings. The number of carbonyl (C=O) groups is 2. The molecule has 1 aliphatic heterocycles. The Kier molecular flexibility index (Phi) is 5.80. The van der Waals surface area contributed by atoms with E-state index < -0.39 is 6.04 Å². The van der Waals surface area contributed by atoms with Crippen LogP contribution in [0.1, 0.15) is 74.2 Å². The largest absolute Gasteiger partial charge is 0.360 e. The van der Waals surface area contributed by atoms with E-state index in [-0.39, 0.29) is 41.4 Å². The molecule has 4 atom stereocenters. The summed E-state index contributed by atoms with van der Waals surface area (Å²) in [4.78, 5) is 28.1. The van der Waals surface area contributed by atoms with E-state index >= 15 is 0 Å². The monoisotopic (exact) mass is 415 g/mol. The molecular formula is C23H30FN3O3. The van der Waals surface area contributed by atoms with Crippen LogP contribution in [0.15, 0.2) is 28.6 Å². The molecule has 0 saturated carbocycles. The highest BCUT2D eigenvalue weighted by Gasteiger charge is 2.41. The lowest BCUT2D eigenvalue weighted by Gasteiger charge is -2.40. The predicted octanol–water partition coefficient (Wildman–Crippen LogP) is 3.90. The van der Waals surface area contributed by atoms with Crippen molar-refractivity contribution in [1.29, 1.82) is 0 Å². The van der Waals surface area contributed by atoms with E-state index in [1.807, 2.05) is 13.8 Å². The number of halogens is 1. The van der Waals surface area contributed by atoms with Crippen molar-refractivity contribution in [3.8, 4) is 0 Å². The molecule has 30 heavy (non-hydrogen) atoms. The van der Waals surface area contributed by atoms with Crippen molar-refractivity contribution in [2.75, 3.05) is 6.54 Å². The maximum absolute atomic E-state index is 13.6. The molecule has 2 aliphatic carbocycles. The topological polar surface area (TPSA) is 75.4 Å². The molecule has 0 aromatic carbocycles. The molecular weight excluding hydrogens is 385 g/mol. The normalized spacial score (nSPS) is 28.1. The van der Waals surface area contributed by atoms with E-state index in [0.29, 0.717) is 30.8 Å². The Labute approximate surface area is 176 Å². The van der Waals surface area contributed by atoms with E-state index in [9.17, 15) is 14.0 Å². The van der Waals surface area contributed by atoms with E-state index in [2.05, 4.69) is 17.4 Å². The van der Waals surface area contributed by atoms with Crippen LogP contribution in [0.25, 0.3) is 0 Å². The smallest absolute Gasteiger partial charge is 0.277 e. The lowest BCUT2D eigenvalue weighted by molar-refractivity contribution is -0.130. The van der Waals surface area contributed by atoms with Gasteiger partial charge in [-0.05, 0) is 49.7 Å². The molecule has 4 rings (SSSR count). The third kappa shape index (κ3) is 3.82. The molecule has 0 spiro atoms. The second-order valence-electron chi connectivity index (χ2n) is 9.11. The second kappa shape index (κ2) is 8.36. The average molecular weight is 416 g/mol. The van der Waals surface area contributed by atoms with Gasteiger partial charge in [-0.2, -0.15) is 0 Å². The van der Waals surface area contributed by atoms with Crippen molar-refractivity contribution in [2.24, 2.45) is 11.8 Å². The van der Waals surface area contributed by atoms with Gasteiger partial charge in [0.25, 0.3) is 5.91 Å². The van der Waals surface area contributed by atoms with Crippen LogP contribution in [-0.2, 0) is 11.2 Å². The van der Waals surface area contributed by atoms with E-state index in [4.69, 9.17) is 4.52 Å². The Balaban J connectivity index is 1.63. The molecule has 1 N–H and O–H groups in total. The van der Waals surface area contributed by atoms with Crippen molar-refractivity contribution in [1.82, 2.24) is 15.4 Å². The minimum Gasteiger partial charge on any atom is -0.360 e. The quantitative estimate of drug-likeness (QED) is 0.791. The third-order valence-corrected chi connectivity index (χ3v) is 6.38. The van der Waals surface area contributed by atoms with Gasteiger partial charge in [-0.3, -0.25) is 9.59 Å². The molecule has 162 valence electrons. The van der Waals surface area contributed by atoms with Gasteiger partial charge in [-0.25, -0.2) is 4.39 Å². The van der Waals surface area contributed by atoms with E-state index in [0.717, 1.165) is 24.8 Å². The van der Waals surface area contributed by atoms with Crippen molar-refractivity contribution in [3.05, 3.63) is 41.1 Å². The summed E-state index contributed by atoms with van der Waals surface area (Å²) < 4.78 is 19.2. The first-order valence-electron chi connectivity index (χ1n) is 11.0. The number of aromatic nitrogens is 1. The molecule has 2 amide bonds. The molecule has 1 saturated heterocycles. The summed E-state index contributed by atoms with van der Waals surface area (Å²) in [5, 5.41) is 7.23. The van der Waals surface area contributed by atoms with Gasteiger partial charge in [0.05, 0.1) is 0 Å². The van der Waals surface area contributed by atoms with Gasteiger partial charge in [-0.1, -0.05) is 38.4 Å². The van der Waals surface area contributed by atoms with Crippen LogP contribution in [0.5, 0.6) is 0 Å². The summed E-state index contributed by atoms with van der Waals surface area (Å²) in [6, 6.07) is -0.544. The van der Waals surface area contributed by atoms with Crippen LogP contribution in [0.3, 0.4) is 0 Å². The number of amides is 2. The summed E-state index contributed by atoms with van der Waals surface area (Å²) in [6.45, 7) is 6.65. The number of piperazine rings is 1. The maximum Gasteiger partial charge on any atom is 0.277 e.